The number of rotatable bonds is 10. The summed E-state index contributed by atoms with van der Waals surface area (Å²) < 4.78 is 0. The third-order valence-electron chi connectivity index (χ3n) is 4.93. The van der Waals surface area contributed by atoms with Crippen molar-refractivity contribution in [3.63, 3.8) is 0 Å². The minimum Gasteiger partial charge on any atom is -0.352 e. The van der Waals surface area contributed by atoms with Crippen LogP contribution in [0.3, 0.4) is 0 Å². The van der Waals surface area contributed by atoms with E-state index in [1.165, 1.54) is 11.8 Å². The topological polar surface area (TPSA) is 49.4 Å². The number of halogens is 3. The van der Waals surface area contributed by atoms with Gasteiger partial charge in [0.15, 0.2) is 0 Å². The van der Waals surface area contributed by atoms with Crippen molar-refractivity contribution in [3.8, 4) is 0 Å². The van der Waals surface area contributed by atoms with E-state index in [2.05, 4.69) is 5.32 Å². The Morgan fingerprint density at radius 1 is 1.03 bits per heavy atom. The minimum absolute atomic E-state index is 0.0452. The number of nitrogens with one attached hydrogen (secondary N) is 1. The molecule has 0 aliphatic heterocycles. The molecule has 0 saturated heterocycles. The quantitative estimate of drug-likeness (QED) is 0.421. The van der Waals surface area contributed by atoms with Gasteiger partial charge in [-0.25, -0.2) is 0 Å². The van der Waals surface area contributed by atoms with E-state index in [1.54, 1.807) is 36.1 Å². The van der Waals surface area contributed by atoms with E-state index in [0.29, 0.717) is 27.4 Å². The first-order chi connectivity index (χ1) is 14.7. The second-order valence-electron chi connectivity index (χ2n) is 7.37. The lowest BCUT2D eigenvalue weighted by Crippen LogP contribution is -2.50. The van der Waals surface area contributed by atoms with Crippen LogP contribution >= 0.6 is 46.6 Å². The van der Waals surface area contributed by atoms with Gasteiger partial charge >= 0.3 is 0 Å². The average Bonchev–Trinajstić information content (AvgIpc) is 2.74. The van der Waals surface area contributed by atoms with Crippen molar-refractivity contribution in [1.82, 2.24) is 10.2 Å². The largest absolute Gasteiger partial charge is 0.352 e. The highest BCUT2D eigenvalue weighted by Crippen LogP contribution is 2.25. The Morgan fingerprint density at radius 2 is 1.68 bits per heavy atom. The Balaban J connectivity index is 2.08. The Kier molecular flexibility index (Phi) is 10.5. The van der Waals surface area contributed by atoms with Gasteiger partial charge in [0, 0.05) is 33.4 Å². The summed E-state index contributed by atoms with van der Waals surface area (Å²) in [5.74, 6) is 0.525. The van der Waals surface area contributed by atoms with Gasteiger partial charge in [0.2, 0.25) is 11.8 Å². The molecule has 0 saturated carbocycles. The lowest BCUT2D eigenvalue weighted by molar-refractivity contribution is -0.138. The monoisotopic (exact) mass is 500 g/mol. The Morgan fingerprint density at radius 3 is 2.29 bits per heavy atom. The molecular formula is C23H27Cl3N2O2S. The predicted octanol–water partition coefficient (Wildman–Crippen LogP) is 6.21. The van der Waals surface area contributed by atoms with Crippen molar-refractivity contribution < 1.29 is 9.59 Å². The molecule has 0 unspecified atom stereocenters. The van der Waals surface area contributed by atoms with Crippen molar-refractivity contribution in [3.05, 3.63) is 68.7 Å². The number of thioether (sulfide) groups is 1. The van der Waals surface area contributed by atoms with Gasteiger partial charge in [-0.05, 0) is 55.7 Å². The number of hydrogen-bond donors (Lipinski definition) is 1. The third kappa shape index (κ3) is 8.23. The molecule has 8 heteroatoms. The summed E-state index contributed by atoms with van der Waals surface area (Å²) in [6.07, 6.45) is 0.821. The van der Waals surface area contributed by atoms with E-state index in [9.17, 15) is 9.59 Å². The molecule has 1 N–H and O–H groups in total. The molecule has 0 fully saturated rings. The summed E-state index contributed by atoms with van der Waals surface area (Å²) in [5, 5.41) is 4.74. The van der Waals surface area contributed by atoms with Crippen LogP contribution in [0.25, 0.3) is 0 Å². The standard InChI is InChI=1S/C23H27Cl3N2O2S/c1-4-15(2)27-23(30)16(3)28(12-17-5-8-19(24)9-6-17)22(29)14-31-13-18-7-10-20(25)11-21(18)26/h5-11,15-16H,4,12-14H2,1-3H3,(H,27,30)/t15-,16-/m0/s1. The number of amides is 2. The van der Waals surface area contributed by atoms with Gasteiger partial charge in [0.25, 0.3) is 0 Å². The lowest BCUT2D eigenvalue weighted by Gasteiger charge is -2.29. The highest BCUT2D eigenvalue weighted by Gasteiger charge is 2.26. The highest BCUT2D eigenvalue weighted by atomic mass is 35.5. The molecule has 31 heavy (non-hydrogen) atoms. The van der Waals surface area contributed by atoms with E-state index < -0.39 is 6.04 Å². The van der Waals surface area contributed by atoms with Gasteiger partial charge in [-0.15, -0.1) is 11.8 Å². The molecule has 168 valence electrons. The van der Waals surface area contributed by atoms with Crippen LogP contribution in [0.2, 0.25) is 15.1 Å². The van der Waals surface area contributed by atoms with Crippen LogP contribution in [0.4, 0.5) is 0 Å². The number of benzene rings is 2. The first kappa shape index (κ1) is 25.9. The fourth-order valence-electron chi connectivity index (χ4n) is 2.80. The van der Waals surface area contributed by atoms with Crippen LogP contribution in [0.15, 0.2) is 42.5 Å². The second-order valence-corrected chi connectivity index (χ2v) is 9.64. The van der Waals surface area contributed by atoms with E-state index in [0.717, 1.165) is 17.5 Å². The number of hydrogen-bond acceptors (Lipinski definition) is 3. The summed E-state index contributed by atoms with van der Waals surface area (Å²) in [6.45, 7) is 6.03. The zero-order valence-electron chi connectivity index (χ0n) is 17.8. The first-order valence-corrected chi connectivity index (χ1v) is 12.4. The van der Waals surface area contributed by atoms with Crippen molar-refractivity contribution in [2.45, 2.75) is 51.6 Å². The molecule has 0 aliphatic rings. The minimum atomic E-state index is -0.600. The lowest BCUT2D eigenvalue weighted by atomic mass is 10.1. The molecule has 2 aromatic rings. The van der Waals surface area contributed by atoms with Crippen LogP contribution in [0.5, 0.6) is 0 Å². The normalized spacial score (nSPS) is 12.8. The third-order valence-corrected chi connectivity index (χ3v) is 6.74. The van der Waals surface area contributed by atoms with Gasteiger partial charge in [0.05, 0.1) is 5.75 Å². The maximum absolute atomic E-state index is 13.1. The summed E-state index contributed by atoms with van der Waals surface area (Å²) in [5.41, 5.74) is 1.82. The molecule has 4 nitrogen and oxygen atoms in total. The summed E-state index contributed by atoms with van der Waals surface area (Å²) >= 11 is 19.6. The Bertz CT molecular complexity index is 893. The van der Waals surface area contributed by atoms with E-state index in [-0.39, 0.29) is 23.6 Å². The second kappa shape index (κ2) is 12.6. The fourth-order valence-corrected chi connectivity index (χ4v) is 4.40. The van der Waals surface area contributed by atoms with Gasteiger partial charge in [-0.3, -0.25) is 9.59 Å². The van der Waals surface area contributed by atoms with Crippen LogP contribution in [-0.2, 0) is 21.9 Å². The molecule has 2 amide bonds. The Labute approximate surface area is 203 Å². The van der Waals surface area contributed by atoms with Gasteiger partial charge in [-0.1, -0.05) is 59.9 Å². The molecule has 2 rings (SSSR count). The maximum Gasteiger partial charge on any atom is 0.242 e. The van der Waals surface area contributed by atoms with E-state index in [1.807, 2.05) is 32.0 Å². The molecule has 0 heterocycles. The first-order valence-electron chi connectivity index (χ1n) is 10.1. The van der Waals surface area contributed by atoms with E-state index in [4.69, 9.17) is 34.8 Å². The summed E-state index contributed by atoms with van der Waals surface area (Å²) in [6, 6.07) is 12.1. The molecular weight excluding hydrogens is 475 g/mol. The highest BCUT2D eigenvalue weighted by molar-refractivity contribution is 7.99. The number of carbonyl (C=O) groups is 2. The molecule has 2 aromatic carbocycles. The van der Waals surface area contributed by atoms with Crippen molar-refractivity contribution in [2.24, 2.45) is 0 Å². The van der Waals surface area contributed by atoms with Gasteiger partial charge < -0.3 is 10.2 Å². The molecule has 0 spiro atoms. The van der Waals surface area contributed by atoms with Crippen molar-refractivity contribution in [1.29, 1.82) is 0 Å². The smallest absolute Gasteiger partial charge is 0.242 e. The average molecular weight is 502 g/mol. The fraction of sp³-hybridized carbons (Fsp3) is 0.391. The van der Waals surface area contributed by atoms with Crippen LogP contribution in [-0.4, -0.2) is 34.6 Å². The predicted molar refractivity (Wildman–Crippen MR) is 132 cm³/mol. The van der Waals surface area contributed by atoms with Gasteiger partial charge in [0.1, 0.15) is 6.04 Å². The van der Waals surface area contributed by atoms with E-state index >= 15 is 0 Å². The molecule has 2 atom stereocenters. The zero-order valence-corrected chi connectivity index (χ0v) is 20.9. The molecule has 0 aliphatic carbocycles. The molecule has 0 aromatic heterocycles. The van der Waals surface area contributed by atoms with Crippen LogP contribution < -0.4 is 5.32 Å². The molecule has 0 radical (unpaired) electrons. The molecule has 0 bridgehead atoms. The van der Waals surface area contributed by atoms with Crippen LogP contribution in [0.1, 0.15) is 38.3 Å². The summed E-state index contributed by atoms with van der Waals surface area (Å²) in [4.78, 5) is 27.4. The number of nitrogens with zero attached hydrogens (tertiary/aromatic N) is 1. The van der Waals surface area contributed by atoms with Crippen LogP contribution in [0, 0.1) is 0 Å². The maximum atomic E-state index is 13.1. The summed E-state index contributed by atoms with van der Waals surface area (Å²) in [7, 11) is 0. The number of carbonyl (C=O) groups excluding carboxylic acids is 2. The Hall–Kier alpha value is -1.40. The van der Waals surface area contributed by atoms with Crippen molar-refractivity contribution >= 4 is 58.4 Å². The van der Waals surface area contributed by atoms with Gasteiger partial charge in [-0.2, -0.15) is 0 Å². The zero-order chi connectivity index (χ0) is 23.0. The van der Waals surface area contributed by atoms with Crippen molar-refractivity contribution in [2.75, 3.05) is 5.75 Å². The SMILES string of the molecule is CC[C@H](C)NC(=O)[C@H](C)N(Cc1ccc(Cl)cc1)C(=O)CSCc1ccc(Cl)cc1Cl.